The highest BCUT2D eigenvalue weighted by atomic mass is 35.5. The van der Waals surface area contributed by atoms with E-state index in [1.807, 2.05) is 30.3 Å². The van der Waals surface area contributed by atoms with E-state index in [4.69, 9.17) is 27.9 Å². The Balaban J connectivity index is 1.40. The van der Waals surface area contributed by atoms with Crippen molar-refractivity contribution in [3.8, 4) is 0 Å². The predicted molar refractivity (Wildman–Crippen MR) is 151 cm³/mol. The van der Waals surface area contributed by atoms with Gasteiger partial charge >= 0.3 is 12.4 Å². The molecule has 43 heavy (non-hydrogen) atoms. The molecule has 3 aromatic carbocycles. The first kappa shape index (κ1) is 31.1. The van der Waals surface area contributed by atoms with Crippen LogP contribution < -0.4 is 0 Å². The number of aromatic nitrogens is 1. The number of carbonyl (C=O) groups is 1. The zero-order chi connectivity index (χ0) is 30.9. The van der Waals surface area contributed by atoms with E-state index < -0.39 is 41.0 Å². The number of pyridine rings is 1. The van der Waals surface area contributed by atoms with Crippen molar-refractivity contribution in [2.75, 3.05) is 6.54 Å². The average molecular weight is 641 g/mol. The number of para-hydroxylation sites is 1. The van der Waals surface area contributed by atoms with Crippen molar-refractivity contribution in [2.24, 2.45) is 0 Å². The highest BCUT2D eigenvalue weighted by Gasteiger charge is 2.39. The average Bonchev–Trinajstić information content (AvgIpc) is 2.96. The third-order valence-corrected chi connectivity index (χ3v) is 8.09. The number of amides is 1. The maximum atomic E-state index is 13.6. The first-order valence-corrected chi connectivity index (χ1v) is 14.0. The monoisotopic (exact) mass is 640 g/mol. The van der Waals surface area contributed by atoms with E-state index in [1.165, 1.54) is 4.90 Å². The smallest absolute Gasteiger partial charge is 0.373 e. The molecule has 2 atom stereocenters. The van der Waals surface area contributed by atoms with Crippen LogP contribution in [0.3, 0.4) is 0 Å². The molecule has 2 heterocycles. The standard InChI is InChI=1S/C31H24Cl2F6N2O2/c32-26-6-5-18(11-27(26)33)10-24-15-25(43-17-19-9-20-3-1-2-4-28(20)40-16-19)7-8-41(24)29(42)21-12-22(30(34,35)36)14-23(13-21)31(37,38)39/h1-6,9,11-14,16,24-25H,7-8,10,15,17H2/t24-,25+/m1/s1. The summed E-state index contributed by atoms with van der Waals surface area (Å²) in [4.78, 5) is 19.3. The topological polar surface area (TPSA) is 42.4 Å². The summed E-state index contributed by atoms with van der Waals surface area (Å²) in [7, 11) is 0. The predicted octanol–water partition coefficient (Wildman–Crippen LogP) is 9.01. The van der Waals surface area contributed by atoms with Crippen molar-refractivity contribution in [2.45, 2.75) is 50.4 Å². The molecule has 4 aromatic rings. The second-order valence-corrected chi connectivity index (χ2v) is 11.2. The molecule has 5 rings (SSSR count). The molecule has 0 saturated carbocycles. The van der Waals surface area contributed by atoms with E-state index in [0.717, 1.165) is 16.5 Å². The van der Waals surface area contributed by atoms with Crippen LogP contribution in [0.15, 0.2) is 72.9 Å². The lowest BCUT2D eigenvalue weighted by Gasteiger charge is -2.40. The summed E-state index contributed by atoms with van der Waals surface area (Å²) < 4.78 is 87.2. The number of likely N-dealkylation sites (tertiary alicyclic amines) is 1. The zero-order valence-electron chi connectivity index (χ0n) is 22.4. The van der Waals surface area contributed by atoms with Crippen LogP contribution >= 0.6 is 23.2 Å². The molecule has 0 spiro atoms. The summed E-state index contributed by atoms with van der Waals surface area (Å²) in [6.07, 6.45) is -7.93. The van der Waals surface area contributed by atoms with Crippen molar-refractivity contribution >= 4 is 40.0 Å². The number of rotatable bonds is 6. The van der Waals surface area contributed by atoms with Gasteiger partial charge in [-0.05, 0) is 72.9 Å². The highest BCUT2D eigenvalue weighted by molar-refractivity contribution is 6.42. The molecule has 0 unspecified atom stereocenters. The number of alkyl halides is 6. The molecule has 1 aliphatic heterocycles. The SMILES string of the molecule is O=C(c1cc(C(F)(F)F)cc(C(F)(F)F)c1)N1CC[C@H](OCc2cnc3ccccc3c2)C[C@H]1Cc1ccc(Cl)c(Cl)c1. The number of halogens is 8. The number of hydrogen-bond acceptors (Lipinski definition) is 3. The molecule has 1 aliphatic rings. The summed E-state index contributed by atoms with van der Waals surface area (Å²) in [5.74, 6) is -0.932. The zero-order valence-corrected chi connectivity index (χ0v) is 23.9. The molecule has 0 N–H and O–H groups in total. The van der Waals surface area contributed by atoms with E-state index in [1.54, 1.807) is 24.4 Å². The number of carbonyl (C=O) groups excluding carboxylic acids is 1. The maximum absolute atomic E-state index is 13.6. The van der Waals surface area contributed by atoms with Gasteiger partial charge in [-0.25, -0.2) is 0 Å². The first-order valence-electron chi connectivity index (χ1n) is 13.3. The summed E-state index contributed by atoms with van der Waals surface area (Å²) in [5, 5.41) is 1.54. The van der Waals surface area contributed by atoms with Gasteiger partial charge in [-0.15, -0.1) is 0 Å². The van der Waals surface area contributed by atoms with Gasteiger partial charge in [0.15, 0.2) is 0 Å². The van der Waals surface area contributed by atoms with Crippen LogP contribution in [-0.2, 0) is 30.1 Å². The molecule has 4 nitrogen and oxygen atoms in total. The van der Waals surface area contributed by atoms with Gasteiger partial charge in [-0.3, -0.25) is 9.78 Å². The lowest BCUT2D eigenvalue weighted by atomic mass is 9.92. The third-order valence-electron chi connectivity index (χ3n) is 7.35. The molecule has 12 heteroatoms. The van der Waals surface area contributed by atoms with E-state index in [-0.39, 0.29) is 43.2 Å². The van der Waals surface area contributed by atoms with Crippen molar-refractivity contribution in [3.63, 3.8) is 0 Å². The van der Waals surface area contributed by atoms with Crippen LogP contribution in [0.5, 0.6) is 0 Å². The first-order chi connectivity index (χ1) is 20.3. The van der Waals surface area contributed by atoms with Gasteiger partial charge in [0.25, 0.3) is 5.91 Å². The molecule has 1 fully saturated rings. The fourth-order valence-electron chi connectivity index (χ4n) is 5.22. The second-order valence-electron chi connectivity index (χ2n) is 10.4. The third kappa shape index (κ3) is 7.42. The molecule has 226 valence electrons. The van der Waals surface area contributed by atoms with Crippen LogP contribution in [0, 0.1) is 0 Å². The molecule has 1 saturated heterocycles. The van der Waals surface area contributed by atoms with E-state index in [9.17, 15) is 31.1 Å². The molecule has 1 amide bonds. The number of hydrogen-bond donors (Lipinski definition) is 0. The number of benzene rings is 3. The minimum absolute atomic E-state index is 0.00565. The lowest BCUT2D eigenvalue weighted by Crippen LogP contribution is -2.49. The van der Waals surface area contributed by atoms with Crippen molar-refractivity contribution in [1.82, 2.24) is 9.88 Å². The van der Waals surface area contributed by atoms with Crippen LogP contribution in [0.2, 0.25) is 10.0 Å². The van der Waals surface area contributed by atoms with Gasteiger partial charge in [0.1, 0.15) is 0 Å². The van der Waals surface area contributed by atoms with Crippen LogP contribution in [0.4, 0.5) is 26.3 Å². The van der Waals surface area contributed by atoms with Crippen molar-refractivity contribution < 1.29 is 35.9 Å². The van der Waals surface area contributed by atoms with Crippen LogP contribution in [0.25, 0.3) is 10.9 Å². The molecule has 0 aliphatic carbocycles. The van der Waals surface area contributed by atoms with Crippen LogP contribution in [-0.4, -0.2) is 34.5 Å². The molecule has 1 aromatic heterocycles. The summed E-state index contributed by atoms with van der Waals surface area (Å²) in [6, 6.07) is 14.8. The summed E-state index contributed by atoms with van der Waals surface area (Å²) in [6.45, 7) is 0.293. The van der Waals surface area contributed by atoms with Gasteiger partial charge in [-0.2, -0.15) is 26.3 Å². The van der Waals surface area contributed by atoms with Gasteiger partial charge in [0.05, 0.1) is 39.4 Å². The fourth-order valence-corrected chi connectivity index (χ4v) is 5.54. The number of piperidine rings is 1. The quantitative estimate of drug-likeness (QED) is 0.198. The maximum Gasteiger partial charge on any atom is 0.416 e. The Kier molecular flexibility index (Phi) is 8.92. The Labute approximate surface area is 253 Å². The Hall–Kier alpha value is -3.34. The van der Waals surface area contributed by atoms with E-state index >= 15 is 0 Å². The number of ether oxygens (including phenoxy) is 1. The molecular weight excluding hydrogens is 617 g/mol. The summed E-state index contributed by atoms with van der Waals surface area (Å²) in [5.41, 5.74) is -1.42. The molecular formula is C31H24Cl2F6N2O2. The molecule has 0 radical (unpaired) electrons. The van der Waals surface area contributed by atoms with E-state index in [0.29, 0.717) is 29.1 Å². The van der Waals surface area contributed by atoms with Gasteiger partial charge in [0, 0.05) is 29.7 Å². The Bertz CT molecular complexity index is 1610. The highest BCUT2D eigenvalue weighted by Crippen LogP contribution is 2.37. The normalized spacial score (nSPS) is 17.8. The Morgan fingerprint density at radius 1 is 0.884 bits per heavy atom. The minimum Gasteiger partial charge on any atom is -0.373 e. The van der Waals surface area contributed by atoms with Gasteiger partial charge in [0.2, 0.25) is 0 Å². The second kappa shape index (κ2) is 12.3. The number of nitrogens with zero attached hydrogens (tertiary/aromatic N) is 2. The van der Waals surface area contributed by atoms with Crippen LogP contribution in [0.1, 0.15) is 45.5 Å². The largest absolute Gasteiger partial charge is 0.416 e. The lowest BCUT2D eigenvalue weighted by molar-refractivity contribution is -0.143. The summed E-state index contributed by atoms with van der Waals surface area (Å²) >= 11 is 12.2. The molecule has 0 bridgehead atoms. The number of fused-ring (bicyclic) bond motifs is 1. The van der Waals surface area contributed by atoms with Gasteiger partial charge < -0.3 is 9.64 Å². The van der Waals surface area contributed by atoms with Gasteiger partial charge in [-0.1, -0.05) is 47.5 Å². The van der Waals surface area contributed by atoms with Crippen molar-refractivity contribution in [1.29, 1.82) is 0 Å². The minimum atomic E-state index is -5.08. The Morgan fingerprint density at radius 2 is 1.58 bits per heavy atom. The Morgan fingerprint density at radius 3 is 2.26 bits per heavy atom. The van der Waals surface area contributed by atoms with E-state index in [2.05, 4.69) is 4.98 Å². The fraction of sp³-hybridized carbons (Fsp3) is 0.290. The van der Waals surface area contributed by atoms with Crippen molar-refractivity contribution in [3.05, 3.63) is 111 Å².